The highest BCUT2D eigenvalue weighted by Gasteiger charge is 2.34. The molecule has 0 radical (unpaired) electrons. The molecule has 0 aromatic rings. The van der Waals surface area contributed by atoms with E-state index in [0.717, 1.165) is 6.42 Å². The van der Waals surface area contributed by atoms with E-state index in [1.165, 1.54) is 0 Å². The second-order valence-corrected chi connectivity index (χ2v) is 13.3. The van der Waals surface area contributed by atoms with Gasteiger partial charge in [-0.15, -0.1) is 6.58 Å². The largest absolute Gasteiger partial charge is 0.262 e. The molecule has 0 saturated heterocycles. The number of nitrogens with one attached hydrogen (secondary N) is 1. The van der Waals surface area contributed by atoms with Crippen molar-refractivity contribution in [2.75, 3.05) is 12.5 Å². The van der Waals surface area contributed by atoms with Crippen LogP contribution in [-0.2, 0) is 10.3 Å². The molecule has 0 spiro atoms. The van der Waals surface area contributed by atoms with Crippen molar-refractivity contribution >= 4 is 20.5 Å². The SMILES string of the molecule is C=CC[C@H](C)[C@@H](C)[SH](N)(=O)NS(C)(C)C(C)(C)C. The van der Waals surface area contributed by atoms with E-state index in [0.29, 0.717) is 0 Å². The van der Waals surface area contributed by atoms with E-state index in [1.54, 1.807) is 0 Å². The Morgan fingerprint density at radius 2 is 1.83 bits per heavy atom. The number of hydrogen-bond donors (Lipinski definition) is 3. The minimum atomic E-state index is -2.85. The second kappa shape index (κ2) is 6.07. The van der Waals surface area contributed by atoms with Gasteiger partial charge in [-0.1, -0.05) is 40.7 Å². The summed E-state index contributed by atoms with van der Waals surface area (Å²) in [7, 11) is -4.06. The average Bonchev–Trinajstić information content (AvgIpc) is 2.13. The fourth-order valence-corrected chi connectivity index (χ4v) is 6.91. The molecule has 0 heterocycles. The van der Waals surface area contributed by atoms with Crippen LogP contribution >= 0.6 is 10.2 Å². The number of hydrogen-bond acceptors (Lipinski definition) is 1. The van der Waals surface area contributed by atoms with Crippen molar-refractivity contribution in [1.82, 2.24) is 4.13 Å². The van der Waals surface area contributed by atoms with E-state index in [1.807, 2.05) is 13.0 Å². The number of rotatable bonds is 6. The second-order valence-electron chi connectivity index (χ2n) is 6.48. The molecule has 0 aromatic heterocycles. The van der Waals surface area contributed by atoms with Gasteiger partial charge in [0.2, 0.25) is 0 Å². The molecule has 0 aliphatic rings. The molecule has 0 fully saturated rings. The Balaban J connectivity index is 4.96. The summed E-state index contributed by atoms with van der Waals surface area (Å²) in [6.07, 6.45) is 6.98. The first kappa shape index (κ1) is 18.2. The van der Waals surface area contributed by atoms with Gasteiger partial charge in [0.1, 0.15) is 0 Å². The van der Waals surface area contributed by atoms with Gasteiger partial charge in [-0.3, -0.25) is 9.35 Å². The molecule has 0 bridgehead atoms. The summed E-state index contributed by atoms with van der Waals surface area (Å²) in [5.41, 5.74) is 0. The van der Waals surface area contributed by atoms with E-state index in [4.69, 9.17) is 5.14 Å². The van der Waals surface area contributed by atoms with Crippen LogP contribution in [0.15, 0.2) is 12.7 Å². The summed E-state index contributed by atoms with van der Waals surface area (Å²) in [5.74, 6) is 0.279. The fourth-order valence-electron chi connectivity index (χ4n) is 1.41. The first-order chi connectivity index (χ1) is 7.85. The standard InChI is InChI=1S/C13H32N2OS2/c1-9-10-11(2)12(3)18(14,16)15-17(7,8)13(4,5)6/h9,11-12,18H,1,10H2,2-8H3,(H3,14,15,16)/t11-,12+/m0/s1. The highest BCUT2D eigenvalue weighted by atomic mass is 32.3. The molecule has 2 atom stereocenters. The highest BCUT2D eigenvalue weighted by Crippen LogP contribution is 2.50. The Hall–Kier alpha value is 0.160. The zero-order valence-electron chi connectivity index (χ0n) is 13.0. The highest BCUT2D eigenvalue weighted by molar-refractivity contribution is 8.37. The predicted octanol–water partition coefficient (Wildman–Crippen LogP) is 2.76. The number of nitrogens with two attached hydrogens (primary N) is 1. The summed E-state index contributed by atoms with van der Waals surface area (Å²) in [6.45, 7) is 14.3. The monoisotopic (exact) mass is 296 g/mol. The molecule has 0 amide bonds. The average molecular weight is 297 g/mol. The van der Waals surface area contributed by atoms with Gasteiger partial charge < -0.3 is 0 Å². The van der Waals surface area contributed by atoms with Gasteiger partial charge in [0.15, 0.2) is 0 Å². The van der Waals surface area contributed by atoms with E-state index in [9.17, 15) is 4.21 Å². The lowest BCUT2D eigenvalue weighted by Gasteiger charge is -2.49. The van der Waals surface area contributed by atoms with Crippen LogP contribution < -0.4 is 9.27 Å². The summed E-state index contributed by atoms with van der Waals surface area (Å²) < 4.78 is 16.1. The molecular formula is C13H32N2OS2. The molecule has 18 heavy (non-hydrogen) atoms. The Bertz CT molecular complexity index is 334. The van der Waals surface area contributed by atoms with Crippen LogP contribution in [0.4, 0.5) is 0 Å². The minimum Gasteiger partial charge on any atom is -0.262 e. The Morgan fingerprint density at radius 3 is 2.17 bits per heavy atom. The van der Waals surface area contributed by atoms with Gasteiger partial charge in [-0.25, -0.2) is 4.13 Å². The molecule has 0 rings (SSSR count). The molecule has 0 aromatic carbocycles. The van der Waals surface area contributed by atoms with Crippen molar-refractivity contribution in [1.29, 1.82) is 0 Å². The van der Waals surface area contributed by atoms with E-state index in [2.05, 4.69) is 50.9 Å². The van der Waals surface area contributed by atoms with Gasteiger partial charge in [-0.05, 0) is 35.2 Å². The summed E-state index contributed by atoms with van der Waals surface area (Å²) in [6, 6.07) is 0. The maximum absolute atomic E-state index is 12.7. The van der Waals surface area contributed by atoms with Gasteiger partial charge in [0, 0.05) is 10.00 Å². The lowest BCUT2D eigenvalue weighted by molar-refractivity contribution is 0.556. The Morgan fingerprint density at radius 1 is 1.39 bits per heavy atom. The molecule has 0 saturated carbocycles. The smallest absolute Gasteiger partial charge is 0.0366 e. The van der Waals surface area contributed by atoms with Crippen LogP contribution in [0.1, 0.15) is 41.0 Å². The summed E-state index contributed by atoms with van der Waals surface area (Å²) in [4.78, 5) is 0. The first-order valence-electron chi connectivity index (χ1n) is 6.36. The van der Waals surface area contributed by atoms with Gasteiger partial charge >= 0.3 is 0 Å². The van der Waals surface area contributed by atoms with Crippen LogP contribution in [0, 0.1) is 5.92 Å². The number of allylic oxidation sites excluding steroid dienone is 1. The summed E-state index contributed by atoms with van der Waals surface area (Å²) >= 11 is 0. The lowest BCUT2D eigenvalue weighted by Crippen LogP contribution is -2.52. The first-order valence-corrected chi connectivity index (χ1v) is 10.7. The number of thiol groups is 1. The normalized spacial score (nSPS) is 19.1. The van der Waals surface area contributed by atoms with Crippen molar-refractivity contribution in [2.45, 2.75) is 51.0 Å². The van der Waals surface area contributed by atoms with Crippen LogP contribution in [0.5, 0.6) is 0 Å². The van der Waals surface area contributed by atoms with Crippen molar-refractivity contribution < 1.29 is 4.21 Å². The van der Waals surface area contributed by atoms with Crippen LogP contribution in [0.2, 0.25) is 0 Å². The quantitative estimate of drug-likeness (QED) is 0.512. The zero-order chi connectivity index (χ0) is 14.8. The third-order valence-electron chi connectivity index (χ3n) is 3.87. The maximum Gasteiger partial charge on any atom is 0.0366 e. The molecule has 0 aliphatic heterocycles. The molecular weight excluding hydrogens is 264 g/mol. The Kier molecular flexibility index (Phi) is 6.13. The Labute approximate surface area is 116 Å². The molecule has 3 nitrogen and oxygen atoms in total. The van der Waals surface area contributed by atoms with E-state index in [-0.39, 0.29) is 15.9 Å². The topological polar surface area (TPSA) is 55.1 Å². The van der Waals surface area contributed by atoms with Crippen LogP contribution in [0.3, 0.4) is 0 Å². The van der Waals surface area contributed by atoms with Crippen LogP contribution in [0.25, 0.3) is 0 Å². The van der Waals surface area contributed by atoms with Crippen LogP contribution in [-0.4, -0.2) is 26.7 Å². The fraction of sp³-hybridized carbons (Fsp3) is 0.846. The maximum atomic E-state index is 12.7. The molecule has 5 heteroatoms. The van der Waals surface area contributed by atoms with E-state index >= 15 is 0 Å². The summed E-state index contributed by atoms with van der Waals surface area (Å²) in [5, 5.41) is 6.07. The van der Waals surface area contributed by atoms with Crippen molar-refractivity contribution in [3.8, 4) is 0 Å². The molecule has 0 unspecified atom stereocenters. The van der Waals surface area contributed by atoms with E-state index < -0.39 is 20.5 Å². The van der Waals surface area contributed by atoms with Gasteiger partial charge in [0.05, 0.1) is 0 Å². The lowest BCUT2D eigenvalue weighted by atomic mass is 10.1. The minimum absolute atomic E-state index is 0.0374. The zero-order valence-corrected chi connectivity index (χ0v) is 14.7. The molecule has 3 N–H and O–H groups in total. The molecule has 112 valence electrons. The van der Waals surface area contributed by atoms with Gasteiger partial charge in [0.25, 0.3) is 0 Å². The van der Waals surface area contributed by atoms with Gasteiger partial charge in [-0.2, -0.15) is 10.2 Å². The third-order valence-corrected chi connectivity index (χ3v) is 11.6. The molecule has 0 aliphatic carbocycles. The van der Waals surface area contributed by atoms with Crippen molar-refractivity contribution in [3.05, 3.63) is 12.7 Å². The third kappa shape index (κ3) is 4.68. The predicted molar refractivity (Wildman–Crippen MR) is 89.5 cm³/mol. The van der Waals surface area contributed by atoms with Crippen molar-refractivity contribution in [2.24, 2.45) is 11.1 Å². The van der Waals surface area contributed by atoms with Crippen molar-refractivity contribution in [3.63, 3.8) is 0 Å².